The van der Waals surface area contributed by atoms with Crippen molar-refractivity contribution < 1.29 is 9.53 Å². The molecular formula is C17H13BrClN3O2S. The highest BCUT2D eigenvalue weighted by atomic mass is 79.9. The predicted octanol–water partition coefficient (Wildman–Crippen LogP) is 4.87. The first-order valence-electron chi connectivity index (χ1n) is 7.24. The minimum absolute atomic E-state index is 0.0178. The summed E-state index contributed by atoms with van der Waals surface area (Å²) in [6.45, 7) is 0. The number of ether oxygens (including phenoxy) is 1. The van der Waals surface area contributed by atoms with E-state index in [0.717, 1.165) is 4.47 Å². The van der Waals surface area contributed by atoms with Crippen molar-refractivity contribution >= 4 is 45.1 Å². The van der Waals surface area contributed by atoms with E-state index < -0.39 is 0 Å². The second-order valence-corrected chi connectivity index (χ2v) is 7.32. The molecule has 1 heterocycles. The fourth-order valence-corrected chi connectivity index (χ4v) is 3.28. The number of nitrogens with one attached hydrogen (secondary N) is 1. The summed E-state index contributed by atoms with van der Waals surface area (Å²) in [4.78, 5) is 16.6. The molecule has 0 aliphatic heterocycles. The van der Waals surface area contributed by atoms with Gasteiger partial charge in [0, 0.05) is 15.1 Å². The molecule has 128 valence electrons. The third kappa shape index (κ3) is 4.42. The lowest BCUT2D eigenvalue weighted by atomic mass is 10.2. The molecule has 2 aromatic carbocycles. The standard InChI is InChI=1S/C17H13BrClN3O2S/c1-24-15-7-6-12(19)8-13(15)16-20-17(22-21-16)25-9-14(23)10-2-4-11(18)5-3-10/h2-8H,9H2,1H3,(H,20,21,22). The Morgan fingerprint density at radius 2 is 2.04 bits per heavy atom. The van der Waals surface area contributed by atoms with Gasteiger partial charge >= 0.3 is 0 Å². The average molecular weight is 439 g/mol. The summed E-state index contributed by atoms with van der Waals surface area (Å²) in [6, 6.07) is 12.5. The van der Waals surface area contributed by atoms with E-state index in [1.807, 2.05) is 12.1 Å². The second-order valence-electron chi connectivity index (χ2n) is 5.03. The van der Waals surface area contributed by atoms with E-state index in [4.69, 9.17) is 16.3 Å². The van der Waals surface area contributed by atoms with Crippen molar-refractivity contribution in [3.05, 3.63) is 57.5 Å². The zero-order valence-corrected chi connectivity index (χ0v) is 16.3. The molecule has 0 aliphatic carbocycles. The Hall–Kier alpha value is -1.83. The summed E-state index contributed by atoms with van der Waals surface area (Å²) in [5.74, 6) is 1.45. The predicted molar refractivity (Wildman–Crippen MR) is 103 cm³/mol. The van der Waals surface area contributed by atoms with Gasteiger partial charge in [0.2, 0.25) is 5.16 Å². The maximum atomic E-state index is 12.2. The minimum atomic E-state index is 0.0178. The first kappa shape index (κ1) is 18.0. The Balaban J connectivity index is 1.71. The molecule has 0 unspecified atom stereocenters. The number of aromatic amines is 1. The molecule has 3 rings (SSSR count). The molecule has 1 aromatic heterocycles. The van der Waals surface area contributed by atoms with Crippen molar-refractivity contribution in [1.29, 1.82) is 0 Å². The normalized spacial score (nSPS) is 10.7. The fraction of sp³-hybridized carbons (Fsp3) is 0.118. The Morgan fingerprint density at radius 3 is 2.76 bits per heavy atom. The van der Waals surface area contributed by atoms with Crippen molar-refractivity contribution in [3.63, 3.8) is 0 Å². The molecule has 0 atom stereocenters. The van der Waals surface area contributed by atoms with Crippen LogP contribution >= 0.6 is 39.3 Å². The Kier molecular flexibility index (Phi) is 5.78. The number of thioether (sulfide) groups is 1. The number of nitrogens with zero attached hydrogens (tertiary/aromatic N) is 2. The van der Waals surface area contributed by atoms with Crippen LogP contribution in [0.15, 0.2) is 52.1 Å². The first-order valence-corrected chi connectivity index (χ1v) is 9.40. The van der Waals surface area contributed by atoms with Gasteiger partial charge in [-0.2, -0.15) is 0 Å². The van der Waals surface area contributed by atoms with Crippen LogP contribution in [0.3, 0.4) is 0 Å². The summed E-state index contributed by atoms with van der Waals surface area (Å²) < 4.78 is 6.25. The molecule has 0 fully saturated rings. The monoisotopic (exact) mass is 437 g/mol. The number of H-pyrrole nitrogens is 1. The number of halogens is 2. The van der Waals surface area contributed by atoms with E-state index in [-0.39, 0.29) is 11.5 Å². The number of carbonyl (C=O) groups is 1. The molecule has 0 spiro atoms. The summed E-state index contributed by atoms with van der Waals surface area (Å²) in [5, 5.41) is 8.07. The number of ketones is 1. The minimum Gasteiger partial charge on any atom is -0.496 e. The van der Waals surface area contributed by atoms with Crippen LogP contribution in [0.25, 0.3) is 11.4 Å². The van der Waals surface area contributed by atoms with E-state index in [0.29, 0.717) is 32.9 Å². The molecule has 0 aliphatic rings. The van der Waals surface area contributed by atoms with Crippen LogP contribution in [0.4, 0.5) is 0 Å². The van der Waals surface area contributed by atoms with Gasteiger partial charge in [-0.25, -0.2) is 4.98 Å². The lowest BCUT2D eigenvalue weighted by molar-refractivity contribution is 0.102. The van der Waals surface area contributed by atoms with Crippen LogP contribution in [0, 0.1) is 0 Å². The van der Waals surface area contributed by atoms with Gasteiger partial charge in [-0.1, -0.05) is 51.4 Å². The molecule has 25 heavy (non-hydrogen) atoms. The van der Waals surface area contributed by atoms with E-state index in [1.54, 1.807) is 37.4 Å². The number of Topliss-reactive ketones (excluding diaryl/α,β-unsaturated/α-hetero) is 1. The molecule has 3 aromatic rings. The maximum absolute atomic E-state index is 12.2. The Morgan fingerprint density at radius 1 is 1.28 bits per heavy atom. The number of rotatable bonds is 6. The van der Waals surface area contributed by atoms with Gasteiger partial charge in [0.15, 0.2) is 11.6 Å². The van der Waals surface area contributed by atoms with E-state index in [9.17, 15) is 4.79 Å². The molecular weight excluding hydrogens is 426 g/mol. The van der Waals surface area contributed by atoms with Crippen LogP contribution in [-0.4, -0.2) is 33.8 Å². The highest BCUT2D eigenvalue weighted by Gasteiger charge is 2.14. The maximum Gasteiger partial charge on any atom is 0.209 e. The van der Waals surface area contributed by atoms with Gasteiger partial charge in [0.05, 0.1) is 18.4 Å². The number of benzene rings is 2. The quantitative estimate of drug-likeness (QED) is 0.439. The van der Waals surface area contributed by atoms with Gasteiger partial charge in [0.1, 0.15) is 5.75 Å². The zero-order chi connectivity index (χ0) is 17.8. The number of methoxy groups -OCH3 is 1. The van der Waals surface area contributed by atoms with Gasteiger partial charge in [-0.05, 0) is 30.3 Å². The van der Waals surface area contributed by atoms with Crippen LogP contribution < -0.4 is 4.74 Å². The zero-order valence-electron chi connectivity index (χ0n) is 13.1. The Labute approximate surface area is 162 Å². The Bertz CT molecular complexity index is 899. The van der Waals surface area contributed by atoms with Gasteiger partial charge in [-0.15, -0.1) is 5.10 Å². The van der Waals surface area contributed by atoms with Crippen molar-refractivity contribution in [3.8, 4) is 17.1 Å². The van der Waals surface area contributed by atoms with Crippen molar-refractivity contribution in [2.45, 2.75) is 5.16 Å². The van der Waals surface area contributed by atoms with Crippen molar-refractivity contribution in [2.75, 3.05) is 12.9 Å². The van der Waals surface area contributed by atoms with Gasteiger partial charge < -0.3 is 4.74 Å². The van der Waals surface area contributed by atoms with Gasteiger partial charge in [-0.3, -0.25) is 9.89 Å². The molecule has 0 saturated heterocycles. The highest BCUT2D eigenvalue weighted by Crippen LogP contribution is 2.31. The first-order chi connectivity index (χ1) is 12.1. The fourth-order valence-electron chi connectivity index (χ4n) is 2.15. The van der Waals surface area contributed by atoms with E-state index >= 15 is 0 Å². The number of aromatic nitrogens is 3. The second kappa shape index (κ2) is 8.03. The summed E-state index contributed by atoms with van der Waals surface area (Å²) >= 11 is 10.7. The van der Waals surface area contributed by atoms with Crippen LogP contribution in [0.5, 0.6) is 5.75 Å². The van der Waals surface area contributed by atoms with Crippen molar-refractivity contribution in [2.24, 2.45) is 0 Å². The molecule has 5 nitrogen and oxygen atoms in total. The third-order valence-electron chi connectivity index (χ3n) is 3.38. The van der Waals surface area contributed by atoms with E-state index in [2.05, 4.69) is 31.1 Å². The summed E-state index contributed by atoms with van der Waals surface area (Å²) in [6.07, 6.45) is 0. The summed E-state index contributed by atoms with van der Waals surface area (Å²) in [7, 11) is 1.58. The van der Waals surface area contributed by atoms with Crippen LogP contribution in [0.1, 0.15) is 10.4 Å². The topological polar surface area (TPSA) is 67.9 Å². The molecule has 0 amide bonds. The third-order valence-corrected chi connectivity index (χ3v) is 4.99. The largest absolute Gasteiger partial charge is 0.496 e. The number of carbonyl (C=O) groups excluding carboxylic acids is 1. The smallest absolute Gasteiger partial charge is 0.209 e. The lowest BCUT2D eigenvalue weighted by Crippen LogP contribution is -2.02. The molecule has 0 bridgehead atoms. The highest BCUT2D eigenvalue weighted by molar-refractivity contribution is 9.10. The van der Waals surface area contributed by atoms with E-state index in [1.165, 1.54) is 11.8 Å². The van der Waals surface area contributed by atoms with Crippen molar-refractivity contribution in [1.82, 2.24) is 15.2 Å². The number of hydrogen-bond acceptors (Lipinski definition) is 5. The molecule has 0 radical (unpaired) electrons. The summed E-state index contributed by atoms with van der Waals surface area (Å²) in [5.41, 5.74) is 1.37. The molecule has 1 N–H and O–H groups in total. The van der Waals surface area contributed by atoms with Crippen LogP contribution in [-0.2, 0) is 0 Å². The number of hydrogen-bond donors (Lipinski definition) is 1. The average Bonchev–Trinajstić information content (AvgIpc) is 3.09. The lowest BCUT2D eigenvalue weighted by Gasteiger charge is -2.05. The van der Waals surface area contributed by atoms with Gasteiger partial charge in [0.25, 0.3) is 0 Å². The SMILES string of the molecule is COc1ccc(Cl)cc1-c1nc(SCC(=O)c2ccc(Br)cc2)n[nH]1. The molecule has 0 saturated carbocycles. The molecule has 8 heteroatoms. The van der Waals surface area contributed by atoms with Crippen LogP contribution in [0.2, 0.25) is 5.02 Å².